The molecular weight excluding hydrogens is 374 g/mol. The smallest absolute Gasteiger partial charge is 0.308 e. The van der Waals surface area contributed by atoms with Gasteiger partial charge in [0.25, 0.3) is 5.91 Å². The number of aromatic hydroxyl groups is 1. The Morgan fingerprint density at radius 3 is 2.66 bits per heavy atom. The van der Waals surface area contributed by atoms with E-state index in [-0.39, 0.29) is 18.1 Å². The SMILES string of the molecule is COC(=O)C[C@H]1N=C([C@@H](C)NC(=O)c2ccccc2)c2ccc(O)cc2NC1=O. The van der Waals surface area contributed by atoms with Crippen LogP contribution in [0.2, 0.25) is 0 Å². The molecule has 1 aliphatic heterocycles. The molecule has 3 N–H and O–H groups in total. The Hall–Kier alpha value is -3.68. The number of benzene rings is 2. The Labute approximate surface area is 167 Å². The molecule has 2 aromatic carbocycles. The molecule has 0 radical (unpaired) electrons. The minimum Gasteiger partial charge on any atom is -0.508 e. The number of amides is 2. The highest BCUT2D eigenvalue weighted by atomic mass is 16.5. The normalized spacial score (nSPS) is 16.6. The van der Waals surface area contributed by atoms with E-state index in [2.05, 4.69) is 20.4 Å². The van der Waals surface area contributed by atoms with Gasteiger partial charge in [0, 0.05) is 17.2 Å². The van der Waals surface area contributed by atoms with Gasteiger partial charge in [-0.05, 0) is 31.2 Å². The van der Waals surface area contributed by atoms with E-state index in [1.54, 1.807) is 37.3 Å². The molecular formula is C21H21N3O5. The van der Waals surface area contributed by atoms with Gasteiger partial charge in [0.1, 0.15) is 11.8 Å². The number of phenolic OH excluding ortho intramolecular Hbond substituents is 1. The molecule has 0 unspecified atom stereocenters. The van der Waals surface area contributed by atoms with Crippen LogP contribution in [0.1, 0.15) is 29.3 Å². The quantitative estimate of drug-likeness (QED) is 0.669. The molecule has 8 heteroatoms. The first-order chi connectivity index (χ1) is 13.9. The topological polar surface area (TPSA) is 117 Å². The summed E-state index contributed by atoms with van der Waals surface area (Å²) in [6.45, 7) is 1.74. The molecule has 29 heavy (non-hydrogen) atoms. The number of hydrogen-bond acceptors (Lipinski definition) is 6. The maximum atomic E-state index is 12.6. The van der Waals surface area contributed by atoms with Crippen molar-refractivity contribution >= 4 is 29.2 Å². The highest BCUT2D eigenvalue weighted by Gasteiger charge is 2.30. The molecule has 1 heterocycles. The van der Waals surface area contributed by atoms with Crippen LogP contribution in [0.4, 0.5) is 5.69 Å². The highest BCUT2D eigenvalue weighted by molar-refractivity contribution is 6.15. The Kier molecular flexibility index (Phi) is 5.92. The van der Waals surface area contributed by atoms with Crippen LogP contribution in [0, 0.1) is 0 Å². The summed E-state index contributed by atoms with van der Waals surface area (Å²) < 4.78 is 4.66. The van der Waals surface area contributed by atoms with E-state index in [1.165, 1.54) is 19.2 Å². The van der Waals surface area contributed by atoms with Crippen molar-refractivity contribution in [2.75, 3.05) is 12.4 Å². The molecule has 2 amide bonds. The summed E-state index contributed by atoms with van der Waals surface area (Å²) in [6, 6.07) is 11.6. The molecule has 1 aliphatic rings. The molecule has 2 aromatic rings. The fourth-order valence-corrected chi connectivity index (χ4v) is 3.03. The first-order valence-corrected chi connectivity index (χ1v) is 9.03. The lowest BCUT2D eigenvalue weighted by molar-refractivity contribution is -0.142. The minimum atomic E-state index is -1.02. The number of phenols is 1. The van der Waals surface area contributed by atoms with Gasteiger partial charge in [-0.25, -0.2) is 0 Å². The van der Waals surface area contributed by atoms with Crippen LogP contribution in [0.5, 0.6) is 5.75 Å². The fraction of sp³-hybridized carbons (Fsp3) is 0.238. The predicted octanol–water partition coefficient (Wildman–Crippen LogP) is 1.88. The summed E-state index contributed by atoms with van der Waals surface area (Å²) >= 11 is 0. The summed E-state index contributed by atoms with van der Waals surface area (Å²) in [4.78, 5) is 41.3. The monoisotopic (exact) mass is 395 g/mol. The number of benzodiazepines with no additional fused rings is 1. The van der Waals surface area contributed by atoms with Crippen LogP contribution in [0.15, 0.2) is 53.5 Å². The molecule has 0 spiro atoms. The van der Waals surface area contributed by atoms with E-state index in [4.69, 9.17) is 0 Å². The second-order valence-corrected chi connectivity index (χ2v) is 6.59. The van der Waals surface area contributed by atoms with Gasteiger partial charge in [-0.3, -0.25) is 19.4 Å². The molecule has 150 valence electrons. The first kappa shape index (κ1) is 20.1. The van der Waals surface area contributed by atoms with Crippen LogP contribution < -0.4 is 10.6 Å². The third kappa shape index (κ3) is 4.60. The Morgan fingerprint density at radius 1 is 1.24 bits per heavy atom. The van der Waals surface area contributed by atoms with Crippen LogP contribution in [-0.4, -0.2) is 47.8 Å². The van der Waals surface area contributed by atoms with Gasteiger partial charge in [-0.15, -0.1) is 0 Å². The molecule has 0 aliphatic carbocycles. The number of hydrogen-bond donors (Lipinski definition) is 3. The molecule has 0 fully saturated rings. The number of carbonyl (C=O) groups excluding carboxylic acids is 3. The zero-order valence-electron chi connectivity index (χ0n) is 16.0. The average molecular weight is 395 g/mol. The standard InChI is InChI=1S/C21H21N3O5/c1-12(22-20(27)13-6-4-3-5-7-13)19-15-9-8-14(25)10-16(15)24-21(28)17(23-19)11-18(26)29-2/h3-10,12,17,25H,11H2,1-2H3,(H,22,27)(H,24,28)/t12-,17-/m1/s1. The van der Waals surface area contributed by atoms with Crippen molar-refractivity contribution < 1.29 is 24.2 Å². The van der Waals surface area contributed by atoms with Crippen LogP contribution in [-0.2, 0) is 14.3 Å². The van der Waals surface area contributed by atoms with Gasteiger partial charge in [-0.2, -0.15) is 0 Å². The van der Waals surface area contributed by atoms with Gasteiger partial charge in [-0.1, -0.05) is 18.2 Å². The predicted molar refractivity (Wildman–Crippen MR) is 107 cm³/mol. The number of carbonyl (C=O) groups is 3. The molecule has 2 atom stereocenters. The summed E-state index contributed by atoms with van der Waals surface area (Å²) in [5.41, 5.74) is 1.79. The number of fused-ring (bicyclic) bond motifs is 1. The maximum Gasteiger partial charge on any atom is 0.308 e. The number of aliphatic imine (C=N–C) groups is 1. The number of ether oxygens (including phenoxy) is 1. The molecule has 0 saturated heterocycles. The number of nitrogens with one attached hydrogen (secondary N) is 2. The largest absolute Gasteiger partial charge is 0.508 e. The van der Waals surface area contributed by atoms with Gasteiger partial charge in [0.2, 0.25) is 5.91 Å². The molecule has 8 nitrogen and oxygen atoms in total. The van der Waals surface area contributed by atoms with E-state index in [1.807, 2.05) is 6.07 Å². The van der Waals surface area contributed by atoms with E-state index in [0.29, 0.717) is 22.5 Å². The lowest BCUT2D eigenvalue weighted by atomic mass is 10.0. The zero-order chi connectivity index (χ0) is 21.0. The summed E-state index contributed by atoms with van der Waals surface area (Å²) in [6.07, 6.45) is -0.245. The molecule has 0 aromatic heterocycles. The van der Waals surface area contributed by atoms with Crippen LogP contribution in [0.25, 0.3) is 0 Å². The third-order valence-corrected chi connectivity index (χ3v) is 4.52. The Morgan fingerprint density at radius 2 is 1.97 bits per heavy atom. The van der Waals surface area contributed by atoms with E-state index >= 15 is 0 Å². The number of anilines is 1. The molecule has 0 bridgehead atoms. The van der Waals surface area contributed by atoms with Crippen molar-refractivity contribution in [3.05, 3.63) is 59.7 Å². The van der Waals surface area contributed by atoms with Crippen LogP contribution in [0.3, 0.4) is 0 Å². The van der Waals surface area contributed by atoms with Crippen molar-refractivity contribution in [3.63, 3.8) is 0 Å². The van der Waals surface area contributed by atoms with Gasteiger partial charge < -0.3 is 20.5 Å². The second kappa shape index (κ2) is 8.55. The Balaban J connectivity index is 1.96. The Bertz CT molecular complexity index is 972. The zero-order valence-corrected chi connectivity index (χ0v) is 16.0. The number of esters is 1. The van der Waals surface area contributed by atoms with Crippen molar-refractivity contribution in [3.8, 4) is 5.75 Å². The van der Waals surface area contributed by atoms with Gasteiger partial charge in [0.05, 0.1) is 31.0 Å². The van der Waals surface area contributed by atoms with Gasteiger partial charge in [0.15, 0.2) is 0 Å². The fourth-order valence-electron chi connectivity index (χ4n) is 3.03. The van der Waals surface area contributed by atoms with Crippen molar-refractivity contribution in [1.29, 1.82) is 0 Å². The van der Waals surface area contributed by atoms with Crippen molar-refractivity contribution in [1.82, 2.24) is 5.32 Å². The minimum absolute atomic E-state index is 0.0317. The van der Waals surface area contributed by atoms with E-state index < -0.39 is 24.0 Å². The van der Waals surface area contributed by atoms with E-state index in [0.717, 1.165) is 0 Å². The lowest BCUT2D eigenvalue weighted by Gasteiger charge is -2.18. The second-order valence-electron chi connectivity index (χ2n) is 6.59. The highest BCUT2D eigenvalue weighted by Crippen LogP contribution is 2.27. The van der Waals surface area contributed by atoms with E-state index in [9.17, 15) is 19.5 Å². The summed E-state index contributed by atoms with van der Waals surface area (Å²) in [7, 11) is 1.23. The molecule has 0 saturated carbocycles. The summed E-state index contributed by atoms with van der Waals surface area (Å²) in [5.74, 6) is -1.41. The van der Waals surface area contributed by atoms with Crippen molar-refractivity contribution in [2.45, 2.75) is 25.4 Å². The average Bonchev–Trinajstić information content (AvgIpc) is 2.84. The number of rotatable bonds is 5. The maximum absolute atomic E-state index is 12.6. The van der Waals surface area contributed by atoms with Gasteiger partial charge >= 0.3 is 5.97 Å². The number of nitrogens with zero attached hydrogens (tertiary/aromatic N) is 1. The third-order valence-electron chi connectivity index (χ3n) is 4.52. The number of methoxy groups -OCH3 is 1. The first-order valence-electron chi connectivity index (χ1n) is 9.03. The molecule has 3 rings (SSSR count). The lowest BCUT2D eigenvalue weighted by Crippen LogP contribution is -2.39. The summed E-state index contributed by atoms with van der Waals surface area (Å²) in [5, 5.41) is 15.3. The van der Waals surface area contributed by atoms with Crippen molar-refractivity contribution in [2.24, 2.45) is 4.99 Å². The van der Waals surface area contributed by atoms with Crippen LogP contribution >= 0.6 is 0 Å².